The third kappa shape index (κ3) is 2.53. The number of hydrogen-bond donors (Lipinski definition) is 1. The summed E-state index contributed by atoms with van der Waals surface area (Å²) in [4.78, 5) is 10.8. The van der Waals surface area contributed by atoms with Gasteiger partial charge in [-0.25, -0.2) is 13.6 Å². The predicted molar refractivity (Wildman–Crippen MR) is 63.5 cm³/mol. The van der Waals surface area contributed by atoms with Gasteiger partial charge < -0.3 is 5.11 Å². The van der Waals surface area contributed by atoms with E-state index in [1.807, 2.05) is 0 Å². The van der Waals surface area contributed by atoms with Crippen LogP contribution in [-0.4, -0.2) is 11.1 Å². The molecule has 0 fully saturated rings. The van der Waals surface area contributed by atoms with Crippen LogP contribution >= 0.6 is 0 Å². The molecule has 0 saturated carbocycles. The maximum Gasteiger partial charge on any atom is 0.335 e. The second-order valence-electron chi connectivity index (χ2n) is 4.05. The van der Waals surface area contributed by atoms with Crippen molar-refractivity contribution in [2.45, 2.75) is 6.92 Å². The predicted octanol–water partition coefficient (Wildman–Crippen LogP) is 3.64. The molecule has 2 aromatic carbocycles. The van der Waals surface area contributed by atoms with E-state index in [-0.39, 0.29) is 5.56 Å². The van der Waals surface area contributed by atoms with Crippen LogP contribution in [0.2, 0.25) is 0 Å². The third-order valence-electron chi connectivity index (χ3n) is 2.52. The average Bonchev–Trinajstić information content (AvgIpc) is 2.26. The van der Waals surface area contributed by atoms with Gasteiger partial charge in [0.15, 0.2) is 0 Å². The Labute approximate surface area is 103 Å². The van der Waals surface area contributed by atoms with Gasteiger partial charge in [-0.3, -0.25) is 0 Å². The standard InChI is InChI=1S/C14H10F2O2/c1-8-2-9(5-12(15)3-8)10-4-11(14(17)18)7-13(16)6-10/h2-7H,1H3,(H,17,18). The summed E-state index contributed by atoms with van der Waals surface area (Å²) in [7, 11) is 0. The van der Waals surface area contributed by atoms with Crippen molar-refractivity contribution in [2.24, 2.45) is 0 Å². The number of carbonyl (C=O) groups is 1. The molecule has 0 heterocycles. The highest BCUT2D eigenvalue weighted by atomic mass is 19.1. The second-order valence-corrected chi connectivity index (χ2v) is 4.05. The Bertz CT molecular complexity index is 601. The topological polar surface area (TPSA) is 37.3 Å². The van der Waals surface area contributed by atoms with E-state index < -0.39 is 17.6 Å². The number of hydrogen-bond acceptors (Lipinski definition) is 1. The highest BCUT2D eigenvalue weighted by molar-refractivity contribution is 5.89. The van der Waals surface area contributed by atoms with Gasteiger partial charge in [-0.2, -0.15) is 0 Å². The first kappa shape index (κ1) is 12.2. The Kier molecular flexibility index (Phi) is 3.10. The summed E-state index contributed by atoms with van der Waals surface area (Å²) in [5.74, 6) is -2.32. The van der Waals surface area contributed by atoms with Crippen LogP contribution in [0.4, 0.5) is 8.78 Å². The highest BCUT2D eigenvalue weighted by Gasteiger charge is 2.09. The molecule has 2 aromatic rings. The number of aryl methyl sites for hydroxylation is 1. The maximum atomic E-state index is 13.3. The fourth-order valence-electron chi connectivity index (χ4n) is 1.78. The molecule has 92 valence electrons. The largest absolute Gasteiger partial charge is 0.478 e. The van der Waals surface area contributed by atoms with E-state index in [0.29, 0.717) is 16.7 Å². The molecule has 0 aliphatic rings. The van der Waals surface area contributed by atoms with E-state index in [0.717, 1.165) is 6.07 Å². The number of carboxylic acids is 1. The first-order valence-electron chi connectivity index (χ1n) is 5.27. The van der Waals surface area contributed by atoms with E-state index in [2.05, 4.69) is 0 Å². The molecular formula is C14H10F2O2. The fourth-order valence-corrected chi connectivity index (χ4v) is 1.78. The van der Waals surface area contributed by atoms with E-state index >= 15 is 0 Å². The molecule has 0 bridgehead atoms. The maximum absolute atomic E-state index is 13.3. The molecule has 2 rings (SSSR count). The molecule has 0 aliphatic heterocycles. The summed E-state index contributed by atoms with van der Waals surface area (Å²) in [6, 6.07) is 7.69. The summed E-state index contributed by atoms with van der Waals surface area (Å²) >= 11 is 0. The van der Waals surface area contributed by atoms with Crippen molar-refractivity contribution in [1.82, 2.24) is 0 Å². The fraction of sp³-hybridized carbons (Fsp3) is 0.0714. The minimum Gasteiger partial charge on any atom is -0.478 e. The zero-order chi connectivity index (χ0) is 13.3. The normalized spacial score (nSPS) is 10.4. The molecule has 4 heteroatoms. The SMILES string of the molecule is Cc1cc(F)cc(-c2cc(F)cc(C(=O)O)c2)c1. The van der Waals surface area contributed by atoms with Gasteiger partial charge in [-0.15, -0.1) is 0 Å². The number of carboxylic acid groups (broad SMARTS) is 1. The summed E-state index contributed by atoms with van der Waals surface area (Å²) in [5.41, 5.74) is 1.32. The molecule has 0 spiro atoms. The zero-order valence-electron chi connectivity index (χ0n) is 9.58. The Morgan fingerprint density at radius 3 is 2.06 bits per heavy atom. The molecule has 0 radical (unpaired) electrons. The van der Waals surface area contributed by atoms with E-state index in [1.54, 1.807) is 13.0 Å². The number of benzene rings is 2. The van der Waals surface area contributed by atoms with Gasteiger partial charge in [0.1, 0.15) is 11.6 Å². The zero-order valence-corrected chi connectivity index (χ0v) is 9.58. The minimum atomic E-state index is -1.22. The van der Waals surface area contributed by atoms with Gasteiger partial charge in [0, 0.05) is 0 Å². The highest BCUT2D eigenvalue weighted by Crippen LogP contribution is 2.24. The van der Waals surface area contributed by atoms with Gasteiger partial charge in [0.05, 0.1) is 5.56 Å². The quantitative estimate of drug-likeness (QED) is 0.880. The lowest BCUT2D eigenvalue weighted by atomic mass is 10.0. The van der Waals surface area contributed by atoms with Crippen LogP contribution in [0.5, 0.6) is 0 Å². The molecule has 0 aromatic heterocycles. The van der Waals surface area contributed by atoms with Gasteiger partial charge >= 0.3 is 5.97 Å². The Hall–Kier alpha value is -2.23. The first-order chi connectivity index (χ1) is 8.45. The third-order valence-corrected chi connectivity index (χ3v) is 2.52. The van der Waals surface area contributed by atoms with E-state index in [4.69, 9.17) is 5.11 Å². The summed E-state index contributed by atoms with van der Waals surface area (Å²) in [6.45, 7) is 1.71. The average molecular weight is 248 g/mol. The lowest BCUT2D eigenvalue weighted by Crippen LogP contribution is -1.97. The van der Waals surface area contributed by atoms with Crippen molar-refractivity contribution in [3.05, 3.63) is 59.2 Å². The summed E-state index contributed by atoms with van der Waals surface area (Å²) in [6.07, 6.45) is 0. The van der Waals surface area contributed by atoms with E-state index in [1.165, 1.54) is 24.3 Å². The van der Waals surface area contributed by atoms with Crippen molar-refractivity contribution in [3.8, 4) is 11.1 Å². The van der Waals surface area contributed by atoms with Gasteiger partial charge in [-0.05, 0) is 53.9 Å². The van der Waals surface area contributed by atoms with Crippen LogP contribution < -0.4 is 0 Å². The molecule has 0 saturated heterocycles. The molecule has 1 N–H and O–H groups in total. The first-order valence-corrected chi connectivity index (χ1v) is 5.27. The molecule has 0 aliphatic carbocycles. The molecule has 2 nitrogen and oxygen atoms in total. The van der Waals surface area contributed by atoms with Crippen molar-refractivity contribution < 1.29 is 18.7 Å². The van der Waals surface area contributed by atoms with Crippen LogP contribution in [-0.2, 0) is 0 Å². The molecular weight excluding hydrogens is 238 g/mol. The van der Waals surface area contributed by atoms with Crippen LogP contribution in [0.25, 0.3) is 11.1 Å². The van der Waals surface area contributed by atoms with Gasteiger partial charge in [0.2, 0.25) is 0 Å². The monoisotopic (exact) mass is 248 g/mol. The molecule has 18 heavy (non-hydrogen) atoms. The van der Waals surface area contributed by atoms with Crippen molar-refractivity contribution in [3.63, 3.8) is 0 Å². The Morgan fingerprint density at radius 1 is 0.944 bits per heavy atom. The van der Waals surface area contributed by atoms with Crippen LogP contribution in [0.1, 0.15) is 15.9 Å². The number of rotatable bonds is 2. The van der Waals surface area contributed by atoms with Gasteiger partial charge in [-0.1, -0.05) is 6.07 Å². The minimum absolute atomic E-state index is 0.160. The molecule has 0 atom stereocenters. The number of halogens is 2. The van der Waals surface area contributed by atoms with Crippen molar-refractivity contribution >= 4 is 5.97 Å². The number of aromatic carboxylic acids is 1. The van der Waals surface area contributed by atoms with Crippen LogP contribution in [0.15, 0.2) is 36.4 Å². The lowest BCUT2D eigenvalue weighted by Gasteiger charge is -2.05. The van der Waals surface area contributed by atoms with Crippen molar-refractivity contribution in [2.75, 3.05) is 0 Å². The van der Waals surface area contributed by atoms with Crippen molar-refractivity contribution in [1.29, 1.82) is 0 Å². The van der Waals surface area contributed by atoms with E-state index in [9.17, 15) is 13.6 Å². The summed E-state index contributed by atoms with van der Waals surface area (Å²) < 4.78 is 26.6. The smallest absolute Gasteiger partial charge is 0.335 e. The lowest BCUT2D eigenvalue weighted by molar-refractivity contribution is 0.0696. The van der Waals surface area contributed by atoms with Crippen LogP contribution in [0, 0.1) is 18.6 Å². The van der Waals surface area contributed by atoms with Gasteiger partial charge in [0.25, 0.3) is 0 Å². The Balaban J connectivity index is 2.59. The second kappa shape index (κ2) is 4.56. The molecule has 0 unspecified atom stereocenters. The summed E-state index contributed by atoms with van der Waals surface area (Å²) in [5, 5.41) is 8.85. The molecule has 0 amide bonds. The van der Waals surface area contributed by atoms with Crippen LogP contribution in [0.3, 0.4) is 0 Å². The Morgan fingerprint density at radius 2 is 1.50 bits per heavy atom.